The number of benzene rings is 1. The Balaban J connectivity index is 1.29. The number of imidazole rings is 1. The third-order valence-corrected chi connectivity index (χ3v) is 4.76. The largest absolute Gasteiger partial charge is 0.357 e. The van der Waals surface area contributed by atoms with E-state index >= 15 is 0 Å². The number of para-hydroxylation sites is 2. The first-order chi connectivity index (χ1) is 12.8. The predicted molar refractivity (Wildman–Crippen MR) is 102 cm³/mol. The molecule has 0 unspecified atom stereocenters. The number of hydrogen-bond acceptors (Lipinski definition) is 4. The van der Waals surface area contributed by atoms with Crippen LogP contribution in [0.15, 0.2) is 42.6 Å². The van der Waals surface area contributed by atoms with Crippen molar-refractivity contribution in [2.75, 3.05) is 18.0 Å². The van der Waals surface area contributed by atoms with Gasteiger partial charge in [-0.2, -0.15) is 0 Å². The van der Waals surface area contributed by atoms with Gasteiger partial charge < -0.3 is 15.2 Å². The molecule has 26 heavy (non-hydrogen) atoms. The minimum atomic E-state index is 0.0324. The summed E-state index contributed by atoms with van der Waals surface area (Å²) < 4.78 is 0. The van der Waals surface area contributed by atoms with Crippen LogP contribution in [0.25, 0.3) is 11.0 Å². The number of amides is 1. The quantitative estimate of drug-likeness (QED) is 0.718. The smallest absolute Gasteiger partial charge is 0.220 e. The summed E-state index contributed by atoms with van der Waals surface area (Å²) in [6, 6.07) is 11.9. The van der Waals surface area contributed by atoms with Gasteiger partial charge in [0.2, 0.25) is 5.91 Å². The van der Waals surface area contributed by atoms with Crippen molar-refractivity contribution < 1.29 is 4.79 Å². The summed E-state index contributed by atoms with van der Waals surface area (Å²) >= 11 is 0. The Bertz CT molecular complexity index is 865. The zero-order valence-corrected chi connectivity index (χ0v) is 14.7. The molecule has 0 aliphatic carbocycles. The van der Waals surface area contributed by atoms with E-state index in [0.29, 0.717) is 19.4 Å². The highest BCUT2D eigenvalue weighted by atomic mass is 16.1. The number of aromatic nitrogens is 3. The molecule has 1 aromatic carbocycles. The number of rotatable bonds is 6. The first-order valence-corrected chi connectivity index (χ1v) is 9.18. The Labute approximate surface area is 152 Å². The van der Waals surface area contributed by atoms with E-state index in [0.717, 1.165) is 41.3 Å². The van der Waals surface area contributed by atoms with Gasteiger partial charge in [0, 0.05) is 38.7 Å². The highest BCUT2D eigenvalue weighted by Gasteiger charge is 2.13. The van der Waals surface area contributed by atoms with Crippen LogP contribution in [0, 0.1) is 0 Å². The van der Waals surface area contributed by atoms with Crippen LogP contribution >= 0.6 is 0 Å². The molecule has 4 rings (SSSR count). The Morgan fingerprint density at radius 2 is 2.04 bits per heavy atom. The zero-order chi connectivity index (χ0) is 17.8. The van der Waals surface area contributed by atoms with Gasteiger partial charge in [-0.3, -0.25) is 4.79 Å². The van der Waals surface area contributed by atoms with E-state index in [2.05, 4.69) is 31.2 Å². The van der Waals surface area contributed by atoms with Gasteiger partial charge >= 0.3 is 0 Å². The normalized spacial score (nSPS) is 14.1. The lowest BCUT2D eigenvalue weighted by Crippen LogP contribution is -2.24. The Morgan fingerprint density at radius 3 is 2.88 bits per heavy atom. The molecule has 0 bridgehead atoms. The van der Waals surface area contributed by atoms with Crippen LogP contribution in [0.2, 0.25) is 0 Å². The minimum Gasteiger partial charge on any atom is -0.357 e. The van der Waals surface area contributed by atoms with Gasteiger partial charge in [-0.1, -0.05) is 12.1 Å². The average Bonchev–Trinajstić information content (AvgIpc) is 3.34. The van der Waals surface area contributed by atoms with E-state index in [9.17, 15) is 4.79 Å². The van der Waals surface area contributed by atoms with Crippen molar-refractivity contribution in [3.05, 3.63) is 54.0 Å². The zero-order valence-electron chi connectivity index (χ0n) is 14.7. The lowest BCUT2D eigenvalue weighted by atomic mass is 10.2. The number of pyridine rings is 1. The molecule has 3 heterocycles. The molecule has 1 fully saturated rings. The fraction of sp³-hybridized carbons (Fsp3) is 0.350. The van der Waals surface area contributed by atoms with Crippen molar-refractivity contribution in [2.45, 2.75) is 32.2 Å². The molecule has 1 saturated heterocycles. The van der Waals surface area contributed by atoms with Crippen molar-refractivity contribution in [1.29, 1.82) is 0 Å². The number of aromatic amines is 1. The second-order valence-electron chi connectivity index (χ2n) is 6.69. The Hall–Kier alpha value is -2.89. The first kappa shape index (κ1) is 16.6. The monoisotopic (exact) mass is 349 g/mol. The molecule has 0 spiro atoms. The standard InChI is InChI=1S/C20H23N5O/c26-20(8-7-18-23-16-5-1-2-6-17(16)24-18)22-14-15-9-10-21-19(13-15)25-11-3-4-12-25/h1-2,5-6,9-10,13H,3-4,7-8,11-12,14H2,(H,22,26)(H,23,24). The molecule has 2 N–H and O–H groups in total. The number of carbonyl (C=O) groups is 1. The van der Waals surface area contributed by atoms with Crippen LogP contribution in [0.4, 0.5) is 5.82 Å². The molecule has 6 nitrogen and oxygen atoms in total. The lowest BCUT2D eigenvalue weighted by molar-refractivity contribution is -0.121. The van der Waals surface area contributed by atoms with Crippen molar-refractivity contribution in [2.24, 2.45) is 0 Å². The van der Waals surface area contributed by atoms with Crippen molar-refractivity contribution >= 4 is 22.8 Å². The van der Waals surface area contributed by atoms with Gasteiger partial charge in [0.05, 0.1) is 11.0 Å². The van der Waals surface area contributed by atoms with Crippen LogP contribution < -0.4 is 10.2 Å². The molecule has 2 aromatic heterocycles. The fourth-order valence-electron chi connectivity index (χ4n) is 3.33. The number of nitrogens with one attached hydrogen (secondary N) is 2. The average molecular weight is 349 g/mol. The van der Waals surface area contributed by atoms with Gasteiger partial charge in [-0.05, 0) is 42.7 Å². The number of carbonyl (C=O) groups excluding carboxylic acids is 1. The van der Waals surface area contributed by atoms with E-state index in [4.69, 9.17) is 0 Å². The first-order valence-electron chi connectivity index (χ1n) is 9.18. The van der Waals surface area contributed by atoms with E-state index < -0.39 is 0 Å². The van der Waals surface area contributed by atoms with Crippen molar-refractivity contribution in [3.8, 4) is 0 Å². The maximum atomic E-state index is 12.2. The molecule has 1 amide bonds. The maximum absolute atomic E-state index is 12.2. The summed E-state index contributed by atoms with van der Waals surface area (Å²) in [6.45, 7) is 2.67. The van der Waals surface area contributed by atoms with E-state index in [1.807, 2.05) is 36.5 Å². The molecule has 0 radical (unpaired) electrons. The molecule has 134 valence electrons. The molecule has 0 atom stereocenters. The summed E-state index contributed by atoms with van der Waals surface area (Å²) in [6.07, 6.45) is 5.30. The van der Waals surface area contributed by atoms with Gasteiger partial charge in [-0.25, -0.2) is 9.97 Å². The number of fused-ring (bicyclic) bond motifs is 1. The van der Waals surface area contributed by atoms with Gasteiger partial charge in [-0.15, -0.1) is 0 Å². The van der Waals surface area contributed by atoms with Crippen molar-refractivity contribution in [3.63, 3.8) is 0 Å². The minimum absolute atomic E-state index is 0.0324. The molecule has 6 heteroatoms. The molecular formula is C20H23N5O. The number of anilines is 1. The number of hydrogen-bond donors (Lipinski definition) is 2. The van der Waals surface area contributed by atoms with E-state index in [1.54, 1.807) is 0 Å². The second kappa shape index (κ2) is 7.56. The Morgan fingerprint density at radius 1 is 1.19 bits per heavy atom. The molecule has 1 aliphatic heterocycles. The third-order valence-electron chi connectivity index (χ3n) is 4.76. The van der Waals surface area contributed by atoms with Crippen molar-refractivity contribution in [1.82, 2.24) is 20.3 Å². The Kier molecular flexibility index (Phi) is 4.82. The predicted octanol–water partition coefficient (Wildman–Crippen LogP) is 2.81. The molecule has 1 aliphatic rings. The molecular weight excluding hydrogens is 326 g/mol. The lowest BCUT2D eigenvalue weighted by Gasteiger charge is -2.17. The highest BCUT2D eigenvalue weighted by Crippen LogP contribution is 2.18. The van der Waals surface area contributed by atoms with Gasteiger partial charge in [0.15, 0.2) is 0 Å². The van der Waals surface area contributed by atoms with Crippen LogP contribution in [0.3, 0.4) is 0 Å². The van der Waals surface area contributed by atoms with Gasteiger partial charge in [0.1, 0.15) is 11.6 Å². The van der Waals surface area contributed by atoms with E-state index in [1.165, 1.54) is 12.8 Å². The van der Waals surface area contributed by atoms with Crippen LogP contribution in [0.1, 0.15) is 30.7 Å². The van der Waals surface area contributed by atoms with Crippen LogP contribution in [0.5, 0.6) is 0 Å². The SMILES string of the molecule is O=C(CCc1nc2ccccc2[nH]1)NCc1ccnc(N2CCCC2)c1. The van der Waals surface area contributed by atoms with E-state index in [-0.39, 0.29) is 5.91 Å². The highest BCUT2D eigenvalue weighted by molar-refractivity contribution is 5.77. The summed E-state index contributed by atoms with van der Waals surface area (Å²) in [5.41, 5.74) is 3.03. The summed E-state index contributed by atoms with van der Waals surface area (Å²) in [5, 5.41) is 2.99. The summed E-state index contributed by atoms with van der Waals surface area (Å²) in [7, 11) is 0. The molecule has 3 aromatic rings. The van der Waals surface area contributed by atoms with Crippen LogP contribution in [-0.2, 0) is 17.8 Å². The van der Waals surface area contributed by atoms with Crippen LogP contribution in [-0.4, -0.2) is 33.9 Å². The van der Waals surface area contributed by atoms with Gasteiger partial charge in [0.25, 0.3) is 0 Å². The summed E-state index contributed by atoms with van der Waals surface area (Å²) in [5.74, 6) is 1.89. The maximum Gasteiger partial charge on any atom is 0.220 e. The summed E-state index contributed by atoms with van der Waals surface area (Å²) in [4.78, 5) is 26.7. The fourth-order valence-corrected chi connectivity index (χ4v) is 3.33. The number of H-pyrrole nitrogens is 1. The second-order valence-corrected chi connectivity index (χ2v) is 6.69. The topological polar surface area (TPSA) is 73.9 Å². The third kappa shape index (κ3) is 3.85. The number of nitrogens with zero attached hydrogens (tertiary/aromatic N) is 3. The molecule has 0 saturated carbocycles. The number of aryl methyl sites for hydroxylation is 1.